The summed E-state index contributed by atoms with van der Waals surface area (Å²) in [5, 5.41) is 10.8. The van der Waals surface area contributed by atoms with Crippen LogP contribution in [0.4, 0.5) is 11.4 Å². The predicted octanol–water partition coefficient (Wildman–Crippen LogP) is 5.49. The molecule has 0 saturated carbocycles. The summed E-state index contributed by atoms with van der Waals surface area (Å²) in [7, 11) is 2.87. The molecule has 0 aliphatic heterocycles. The van der Waals surface area contributed by atoms with Gasteiger partial charge in [0.2, 0.25) is 6.04 Å². The first-order valence-corrected chi connectivity index (χ1v) is 10.7. The van der Waals surface area contributed by atoms with Gasteiger partial charge in [0.05, 0.1) is 33.1 Å². The van der Waals surface area contributed by atoms with Gasteiger partial charge in [0.25, 0.3) is 5.91 Å². The van der Waals surface area contributed by atoms with Crippen molar-refractivity contribution in [1.29, 1.82) is 0 Å². The average Bonchev–Trinajstić information content (AvgIpc) is 2.78. The molecule has 0 spiro atoms. The zero-order chi connectivity index (χ0) is 24.5. The molecule has 2 aromatic carbocycles. The van der Waals surface area contributed by atoms with Gasteiger partial charge in [0.1, 0.15) is 27.2 Å². The number of ketones is 1. The number of methoxy groups -OCH3 is 2. The summed E-state index contributed by atoms with van der Waals surface area (Å²) in [5.41, 5.74) is 0.349. The van der Waals surface area contributed by atoms with Crippen LogP contribution in [0.1, 0.15) is 20.8 Å². The number of Topliss-reactive ketones (excluding diaryl/α,β-unsaturated/α-hetero) is 1. The number of hydrogen-bond donors (Lipinski definition) is 1. The highest BCUT2D eigenvalue weighted by atomic mass is 35.5. The Kier molecular flexibility index (Phi) is 9.74. The molecule has 1 N–H and O–H groups in total. The second-order valence-electron chi connectivity index (χ2n) is 6.47. The smallest absolute Gasteiger partial charge is 0.258 e. The Bertz CT molecular complexity index is 1050. The van der Waals surface area contributed by atoms with Crippen molar-refractivity contribution in [2.24, 2.45) is 10.2 Å². The molecular formula is C22H25Cl2N3O6. The molecule has 9 nitrogen and oxygen atoms in total. The van der Waals surface area contributed by atoms with E-state index < -0.39 is 17.7 Å². The van der Waals surface area contributed by atoms with Crippen molar-refractivity contribution < 1.29 is 28.5 Å². The van der Waals surface area contributed by atoms with E-state index in [1.807, 2.05) is 6.92 Å². The van der Waals surface area contributed by atoms with Gasteiger partial charge in [-0.15, -0.1) is 5.11 Å². The topological polar surface area (TPSA) is 108 Å². The van der Waals surface area contributed by atoms with Crippen LogP contribution in [0.2, 0.25) is 10.0 Å². The molecule has 2 rings (SSSR count). The average molecular weight is 498 g/mol. The molecule has 0 heterocycles. The van der Waals surface area contributed by atoms with E-state index in [9.17, 15) is 9.59 Å². The number of nitrogens with zero attached hydrogens (tertiary/aromatic N) is 2. The number of halogens is 2. The number of hydrogen-bond acceptors (Lipinski definition) is 8. The van der Waals surface area contributed by atoms with Crippen LogP contribution in [0.15, 0.2) is 34.5 Å². The molecule has 11 heteroatoms. The van der Waals surface area contributed by atoms with E-state index in [4.69, 9.17) is 42.1 Å². The minimum Gasteiger partial charge on any atom is -0.495 e. The molecule has 0 radical (unpaired) electrons. The van der Waals surface area contributed by atoms with Crippen LogP contribution in [0, 0.1) is 0 Å². The largest absolute Gasteiger partial charge is 0.495 e. The fourth-order valence-electron chi connectivity index (χ4n) is 2.76. The maximum atomic E-state index is 12.9. The molecule has 0 aromatic heterocycles. The van der Waals surface area contributed by atoms with E-state index in [0.29, 0.717) is 30.5 Å². The second kappa shape index (κ2) is 12.3. The quantitative estimate of drug-likeness (QED) is 0.324. The normalized spacial score (nSPS) is 11.7. The molecule has 0 fully saturated rings. The Morgan fingerprint density at radius 3 is 2.12 bits per heavy atom. The summed E-state index contributed by atoms with van der Waals surface area (Å²) in [6, 6.07) is 4.87. The van der Waals surface area contributed by atoms with Crippen molar-refractivity contribution in [3.8, 4) is 23.0 Å². The molecular weight excluding hydrogens is 473 g/mol. The third-order valence-corrected chi connectivity index (χ3v) is 5.04. The van der Waals surface area contributed by atoms with Crippen LogP contribution < -0.4 is 24.3 Å². The summed E-state index contributed by atoms with van der Waals surface area (Å²) in [6.45, 7) is 5.59. The summed E-state index contributed by atoms with van der Waals surface area (Å²) in [4.78, 5) is 25.0. The van der Waals surface area contributed by atoms with Crippen LogP contribution in [0.5, 0.6) is 23.0 Å². The lowest BCUT2D eigenvalue weighted by molar-refractivity contribution is -0.126. The highest BCUT2D eigenvalue weighted by Crippen LogP contribution is 2.42. The molecule has 1 atom stereocenters. The van der Waals surface area contributed by atoms with Gasteiger partial charge in [0, 0.05) is 0 Å². The number of amides is 1. The fraction of sp³-hybridized carbons (Fsp3) is 0.364. The summed E-state index contributed by atoms with van der Waals surface area (Å²) >= 11 is 12.7. The van der Waals surface area contributed by atoms with Crippen LogP contribution in [0.3, 0.4) is 0 Å². The zero-order valence-electron chi connectivity index (χ0n) is 18.9. The van der Waals surface area contributed by atoms with E-state index in [1.54, 1.807) is 31.2 Å². The molecule has 33 heavy (non-hydrogen) atoms. The van der Waals surface area contributed by atoms with Gasteiger partial charge in [-0.2, -0.15) is 5.11 Å². The zero-order valence-corrected chi connectivity index (χ0v) is 20.4. The Labute approximate surface area is 202 Å². The highest BCUT2D eigenvalue weighted by Gasteiger charge is 2.26. The number of azo groups is 1. The molecule has 0 saturated heterocycles. The van der Waals surface area contributed by atoms with Crippen molar-refractivity contribution in [2.75, 3.05) is 32.8 Å². The van der Waals surface area contributed by atoms with Gasteiger partial charge in [-0.05, 0) is 45.0 Å². The van der Waals surface area contributed by atoms with Crippen molar-refractivity contribution in [1.82, 2.24) is 0 Å². The SMILES string of the molecule is CCOc1ccc(NC(=O)C(N=Nc2c(OC)ccc(OC)c2Cl)C(C)=O)c(Cl)c1OCC. The van der Waals surface area contributed by atoms with Gasteiger partial charge < -0.3 is 24.3 Å². The Morgan fingerprint density at radius 1 is 0.939 bits per heavy atom. The summed E-state index contributed by atoms with van der Waals surface area (Å²) < 4.78 is 21.5. The third kappa shape index (κ3) is 6.27. The maximum absolute atomic E-state index is 12.9. The number of anilines is 1. The molecule has 1 unspecified atom stereocenters. The Balaban J connectivity index is 2.36. The van der Waals surface area contributed by atoms with Gasteiger partial charge in [-0.3, -0.25) is 9.59 Å². The number of carbonyl (C=O) groups excluding carboxylic acids is 2. The van der Waals surface area contributed by atoms with E-state index >= 15 is 0 Å². The molecule has 0 aliphatic rings. The number of nitrogens with one attached hydrogen (secondary N) is 1. The van der Waals surface area contributed by atoms with Crippen LogP contribution in [-0.4, -0.2) is 45.2 Å². The lowest BCUT2D eigenvalue weighted by Gasteiger charge is -2.16. The first kappa shape index (κ1) is 26.2. The number of ether oxygens (including phenoxy) is 4. The molecule has 0 aliphatic carbocycles. The van der Waals surface area contributed by atoms with Crippen molar-refractivity contribution in [3.05, 3.63) is 34.3 Å². The molecule has 1 amide bonds. The van der Waals surface area contributed by atoms with Crippen LogP contribution in [0.25, 0.3) is 0 Å². The molecule has 0 bridgehead atoms. The van der Waals surface area contributed by atoms with Gasteiger partial charge in [-0.25, -0.2) is 0 Å². The lowest BCUT2D eigenvalue weighted by Crippen LogP contribution is -2.32. The van der Waals surface area contributed by atoms with Crippen molar-refractivity contribution in [2.45, 2.75) is 26.8 Å². The fourth-order valence-corrected chi connectivity index (χ4v) is 3.29. The van der Waals surface area contributed by atoms with Gasteiger partial charge in [-0.1, -0.05) is 23.2 Å². The van der Waals surface area contributed by atoms with Gasteiger partial charge >= 0.3 is 0 Å². The van der Waals surface area contributed by atoms with Crippen molar-refractivity contribution in [3.63, 3.8) is 0 Å². The van der Waals surface area contributed by atoms with E-state index in [0.717, 1.165) is 0 Å². The predicted molar refractivity (Wildman–Crippen MR) is 126 cm³/mol. The highest BCUT2D eigenvalue weighted by molar-refractivity contribution is 6.36. The minimum absolute atomic E-state index is 0.121. The first-order chi connectivity index (χ1) is 15.8. The first-order valence-electron chi connectivity index (χ1n) is 9.99. The van der Waals surface area contributed by atoms with Gasteiger partial charge in [0.15, 0.2) is 17.3 Å². The maximum Gasteiger partial charge on any atom is 0.258 e. The second-order valence-corrected chi connectivity index (χ2v) is 7.23. The summed E-state index contributed by atoms with van der Waals surface area (Å²) in [5.74, 6) is 0.0692. The monoisotopic (exact) mass is 497 g/mol. The Hall–Kier alpha value is -3.04. The van der Waals surface area contributed by atoms with Crippen molar-refractivity contribution >= 4 is 46.3 Å². The van der Waals surface area contributed by atoms with Crippen LogP contribution in [-0.2, 0) is 9.59 Å². The van der Waals surface area contributed by atoms with E-state index in [-0.39, 0.29) is 27.2 Å². The molecule has 178 valence electrons. The minimum atomic E-state index is -1.46. The number of carbonyl (C=O) groups is 2. The summed E-state index contributed by atoms with van der Waals surface area (Å²) in [6.07, 6.45) is 0. The third-order valence-electron chi connectivity index (χ3n) is 4.30. The van der Waals surface area contributed by atoms with Crippen LogP contribution >= 0.6 is 23.2 Å². The standard InChI is InChI=1S/C22H25Cl2N3O6/c1-6-32-16-9-8-13(17(23)21(16)33-7-2)25-22(29)19(12(3)28)26-27-20-15(31-5)11-10-14(30-4)18(20)24/h8-11,19H,6-7H2,1-5H3,(H,25,29). The molecule has 2 aromatic rings. The number of benzene rings is 2. The lowest BCUT2D eigenvalue weighted by atomic mass is 10.2. The number of rotatable bonds is 11. The van der Waals surface area contributed by atoms with E-state index in [2.05, 4.69) is 15.5 Å². The Morgan fingerprint density at radius 2 is 1.55 bits per heavy atom. The van der Waals surface area contributed by atoms with E-state index in [1.165, 1.54) is 21.1 Å².